The van der Waals surface area contributed by atoms with Crippen LogP contribution in [0.1, 0.15) is 15.4 Å². The molecule has 1 amide bonds. The van der Waals surface area contributed by atoms with Crippen molar-refractivity contribution in [1.82, 2.24) is 10.2 Å². The van der Waals surface area contributed by atoms with Crippen LogP contribution in [0.2, 0.25) is 0 Å². The summed E-state index contributed by atoms with van der Waals surface area (Å²) >= 11 is 0.994. The normalized spacial score (nSPS) is 10.2. The topological polar surface area (TPSA) is 80.9 Å². The number of aryl methyl sites for hydroxylation is 1. The number of hydrogen-bond acceptors (Lipinski definition) is 5. The van der Waals surface area contributed by atoms with Gasteiger partial charge in [0.1, 0.15) is 5.82 Å². The van der Waals surface area contributed by atoms with Crippen LogP contribution in [-0.4, -0.2) is 16.1 Å². The fraction of sp³-hybridized carbons (Fsp3) is 0.100. The Bertz CT molecular complexity index is 569. The van der Waals surface area contributed by atoms with Crippen molar-refractivity contribution in [3.8, 4) is 0 Å². The first kappa shape index (κ1) is 11.5. The Balaban J connectivity index is 2.18. The fourth-order valence-corrected chi connectivity index (χ4v) is 1.77. The molecule has 2 rings (SSSR count). The Hall–Kier alpha value is -2.02. The Kier molecular flexibility index (Phi) is 3.01. The number of carbonyl (C=O) groups excluding carboxylic acids is 1. The van der Waals surface area contributed by atoms with Gasteiger partial charge in [-0.3, -0.25) is 4.79 Å². The maximum Gasteiger partial charge on any atom is 0.286 e. The van der Waals surface area contributed by atoms with Crippen molar-refractivity contribution in [2.24, 2.45) is 0 Å². The summed E-state index contributed by atoms with van der Waals surface area (Å²) in [6, 6.07) is 4.11. The third kappa shape index (κ3) is 2.56. The summed E-state index contributed by atoms with van der Waals surface area (Å²) in [6.07, 6.45) is 0. The highest BCUT2D eigenvalue weighted by Gasteiger charge is 2.12. The van der Waals surface area contributed by atoms with Gasteiger partial charge < -0.3 is 11.1 Å². The number of nitrogens with zero attached hydrogens (tertiary/aromatic N) is 2. The Morgan fingerprint density at radius 1 is 1.47 bits per heavy atom. The van der Waals surface area contributed by atoms with E-state index in [0.717, 1.165) is 11.3 Å². The molecule has 3 N–H and O–H groups in total. The molecule has 5 nitrogen and oxygen atoms in total. The van der Waals surface area contributed by atoms with Gasteiger partial charge in [0.15, 0.2) is 0 Å². The summed E-state index contributed by atoms with van der Waals surface area (Å²) in [4.78, 5) is 11.7. The van der Waals surface area contributed by atoms with E-state index >= 15 is 0 Å². The SMILES string of the molecule is Cc1cc(F)ccc1NC(=O)c1nnc(N)s1. The van der Waals surface area contributed by atoms with Crippen molar-refractivity contribution in [3.05, 3.63) is 34.6 Å². The highest BCUT2D eigenvalue weighted by atomic mass is 32.1. The second-order valence-electron chi connectivity index (χ2n) is 3.36. The molecule has 0 aliphatic carbocycles. The van der Waals surface area contributed by atoms with Crippen LogP contribution in [0.4, 0.5) is 15.2 Å². The van der Waals surface area contributed by atoms with E-state index in [9.17, 15) is 9.18 Å². The molecule has 0 radical (unpaired) electrons. The van der Waals surface area contributed by atoms with Crippen molar-refractivity contribution < 1.29 is 9.18 Å². The lowest BCUT2D eigenvalue weighted by molar-refractivity contribution is 0.102. The lowest BCUT2D eigenvalue weighted by atomic mass is 10.2. The van der Waals surface area contributed by atoms with E-state index in [1.54, 1.807) is 6.92 Å². The van der Waals surface area contributed by atoms with Crippen LogP contribution >= 0.6 is 11.3 Å². The first-order chi connectivity index (χ1) is 8.06. The molecule has 0 saturated heterocycles. The van der Waals surface area contributed by atoms with Crippen LogP contribution in [0.15, 0.2) is 18.2 Å². The fourth-order valence-electron chi connectivity index (χ4n) is 1.27. The lowest BCUT2D eigenvalue weighted by Gasteiger charge is -2.06. The molecular weight excluding hydrogens is 243 g/mol. The summed E-state index contributed by atoms with van der Waals surface area (Å²) in [7, 11) is 0. The van der Waals surface area contributed by atoms with Gasteiger partial charge in [0.25, 0.3) is 5.91 Å². The molecule has 1 heterocycles. The van der Waals surface area contributed by atoms with Crippen molar-refractivity contribution in [1.29, 1.82) is 0 Å². The van der Waals surface area contributed by atoms with Gasteiger partial charge in [-0.2, -0.15) is 0 Å². The van der Waals surface area contributed by atoms with Gasteiger partial charge in [-0.05, 0) is 30.7 Å². The molecular formula is C10H9FN4OS. The number of nitrogens with two attached hydrogens (primary N) is 1. The van der Waals surface area contributed by atoms with E-state index in [0.29, 0.717) is 11.3 Å². The standard InChI is InChI=1S/C10H9FN4OS/c1-5-4-6(11)2-3-7(5)13-8(16)9-14-15-10(12)17-9/h2-4H,1H3,(H2,12,15)(H,13,16). The van der Waals surface area contributed by atoms with E-state index < -0.39 is 5.91 Å². The van der Waals surface area contributed by atoms with Crippen LogP contribution in [0.25, 0.3) is 0 Å². The first-order valence-corrected chi connectivity index (χ1v) is 5.54. The Morgan fingerprint density at radius 2 is 2.24 bits per heavy atom. The van der Waals surface area contributed by atoms with Crippen LogP contribution in [0, 0.1) is 12.7 Å². The molecule has 17 heavy (non-hydrogen) atoms. The number of carbonyl (C=O) groups is 1. The summed E-state index contributed by atoms with van der Waals surface area (Å²) < 4.78 is 12.9. The minimum Gasteiger partial charge on any atom is -0.374 e. The molecule has 0 unspecified atom stereocenters. The number of anilines is 2. The van der Waals surface area contributed by atoms with Crippen LogP contribution in [0.5, 0.6) is 0 Å². The Labute approximate surface area is 100 Å². The number of nitrogens with one attached hydrogen (secondary N) is 1. The third-order valence-electron chi connectivity index (χ3n) is 2.07. The highest BCUT2D eigenvalue weighted by Crippen LogP contribution is 2.18. The summed E-state index contributed by atoms with van der Waals surface area (Å²) in [5.74, 6) is -0.755. The van der Waals surface area contributed by atoms with E-state index in [1.165, 1.54) is 18.2 Å². The number of benzene rings is 1. The summed E-state index contributed by atoms with van der Waals surface area (Å²) in [6.45, 7) is 1.70. The van der Waals surface area contributed by atoms with E-state index in [4.69, 9.17) is 5.73 Å². The second kappa shape index (κ2) is 4.46. The van der Waals surface area contributed by atoms with Gasteiger partial charge in [-0.1, -0.05) is 11.3 Å². The lowest BCUT2D eigenvalue weighted by Crippen LogP contribution is -2.12. The minimum absolute atomic E-state index is 0.172. The molecule has 0 saturated carbocycles. The number of amides is 1. The molecule has 7 heteroatoms. The predicted octanol–water partition coefficient (Wildman–Crippen LogP) is 1.82. The quantitative estimate of drug-likeness (QED) is 0.854. The maximum absolute atomic E-state index is 12.9. The van der Waals surface area contributed by atoms with Crippen LogP contribution in [-0.2, 0) is 0 Å². The second-order valence-corrected chi connectivity index (χ2v) is 4.37. The molecule has 0 fully saturated rings. The number of halogens is 1. The minimum atomic E-state index is -0.408. The Morgan fingerprint density at radius 3 is 2.82 bits per heavy atom. The molecule has 0 spiro atoms. The van der Waals surface area contributed by atoms with Gasteiger partial charge in [-0.25, -0.2) is 4.39 Å². The maximum atomic E-state index is 12.9. The van der Waals surface area contributed by atoms with E-state index in [2.05, 4.69) is 15.5 Å². The largest absolute Gasteiger partial charge is 0.374 e. The monoisotopic (exact) mass is 252 g/mol. The molecule has 0 bridgehead atoms. The van der Waals surface area contributed by atoms with Crippen molar-refractivity contribution in [3.63, 3.8) is 0 Å². The molecule has 1 aromatic carbocycles. The third-order valence-corrected chi connectivity index (χ3v) is 2.82. The number of rotatable bonds is 2. The smallest absolute Gasteiger partial charge is 0.286 e. The van der Waals surface area contributed by atoms with Gasteiger partial charge in [0.05, 0.1) is 0 Å². The molecule has 88 valence electrons. The number of hydrogen-bond donors (Lipinski definition) is 2. The van der Waals surface area contributed by atoms with Gasteiger partial charge in [-0.15, -0.1) is 10.2 Å². The van der Waals surface area contributed by atoms with Crippen LogP contribution < -0.4 is 11.1 Å². The zero-order chi connectivity index (χ0) is 12.4. The predicted molar refractivity (Wildman–Crippen MR) is 63.4 cm³/mol. The summed E-state index contributed by atoms with van der Waals surface area (Å²) in [5, 5.41) is 10.2. The zero-order valence-corrected chi connectivity index (χ0v) is 9.71. The highest BCUT2D eigenvalue weighted by molar-refractivity contribution is 7.16. The number of aromatic nitrogens is 2. The van der Waals surface area contributed by atoms with Crippen molar-refractivity contribution in [2.45, 2.75) is 6.92 Å². The van der Waals surface area contributed by atoms with Gasteiger partial charge in [0.2, 0.25) is 10.1 Å². The molecule has 0 aliphatic heterocycles. The average molecular weight is 252 g/mol. The van der Waals surface area contributed by atoms with Gasteiger partial charge in [0, 0.05) is 5.69 Å². The van der Waals surface area contributed by atoms with Gasteiger partial charge >= 0.3 is 0 Å². The molecule has 0 atom stereocenters. The number of nitrogen functional groups attached to an aromatic ring is 1. The molecule has 1 aromatic heterocycles. The zero-order valence-electron chi connectivity index (χ0n) is 8.90. The van der Waals surface area contributed by atoms with Crippen LogP contribution in [0.3, 0.4) is 0 Å². The first-order valence-electron chi connectivity index (χ1n) is 4.73. The average Bonchev–Trinajstić information content (AvgIpc) is 2.69. The molecule has 2 aromatic rings. The van der Waals surface area contributed by atoms with Crippen molar-refractivity contribution >= 4 is 28.1 Å². The van der Waals surface area contributed by atoms with E-state index in [-0.39, 0.29) is 16.0 Å². The molecule has 0 aliphatic rings. The van der Waals surface area contributed by atoms with E-state index in [1.807, 2.05) is 0 Å². The van der Waals surface area contributed by atoms with Crippen molar-refractivity contribution in [2.75, 3.05) is 11.1 Å². The summed E-state index contributed by atoms with van der Waals surface area (Å²) in [5.41, 5.74) is 6.54.